The van der Waals surface area contributed by atoms with Crippen molar-refractivity contribution in [2.75, 3.05) is 12.4 Å². The minimum atomic E-state index is -0.496. The number of nitrogens with one attached hydrogen (secondary N) is 1. The van der Waals surface area contributed by atoms with Gasteiger partial charge in [-0.05, 0) is 29.8 Å². The van der Waals surface area contributed by atoms with E-state index in [4.69, 9.17) is 4.74 Å². The van der Waals surface area contributed by atoms with Crippen LogP contribution >= 0.6 is 0 Å². The summed E-state index contributed by atoms with van der Waals surface area (Å²) in [5.41, 5.74) is 2.07. The Morgan fingerprint density at radius 3 is 2.36 bits per heavy atom. The number of esters is 1. The topological polar surface area (TPSA) is 67.9 Å². The fraction of sp³-hybridized carbons (Fsp3) is 0.176. The summed E-state index contributed by atoms with van der Waals surface area (Å²) in [7, 11) is 1.34. The Kier molecular flexibility index (Phi) is 3.89. The summed E-state index contributed by atoms with van der Waals surface area (Å²) in [5.74, 6) is -0.560. The van der Waals surface area contributed by atoms with E-state index in [0.717, 1.165) is 11.3 Å². The molecule has 3 rings (SSSR count). The predicted molar refractivity (Wildman–Crippen MR) is 80.5 cm³/mol. The van der Waals surface area contributed by atoms with Crippen LogP contribution in [0.5, 0.6) is 0 Å². The third-order valence-corrected chi connectivity index (χ3v) is 3.45. The van der Waals surface area contributed by atoms with Crippen LogP contribution in [0.2, 0.25) is 0 Å². The summed E-state index contributed by atoms with van der Waals surface area (Å²) in [6.07, 6.45) is -0.764. The van der Waals surface area contributed by atoms with Gasteiger partial charge in [0.2, 0.25) is 0 Å². The van der Waals surface area contributed by atoms with E-state index < -0.39 is 6.10 Å². The van der Waals surface area contributed by atoms with Crippen molar-refractivity contribution in [3.63, 3.8) is 0 Å². The Morgan fingerprint density at radius 2 is 1.73 bits per heavy atom. The first kappa shape index (κ1) is 14.3. The molecule has 112 valence electrons. The molecule has 0 bridgehead atoms. The summed E-state index contributed by atoms with van der Waals surface area (Å²) in [5, 5.41) is 2.80. The quantitative estimate of drug-likeness (QED) is 0.695. The van der Waals surface area contributed by atoms with Crippen molar-refractivity contribution in [1.82, 2.24) is 0 Å². The van der Waals surface area contributed by atoms with Crippen LogP contribution in [-0.2, 0) is 14.3 Å². The normalized spacial score (nSPS) is 19.3. The number of methoxy groups -OCH3 is 1. The number of hydrogen-bond acceptors (Lipinski definition) is 4. The van der Waals surface area contributed by atoms with Crippen LogP contribution in [0.1, 0.15) is 22.0 Å². The Morgan fingerprint density at radius 1 is 1.05 bits per heavy atom. The Hall–Kier alpha value is -2.66. The molecule has 1 heterocycles. The summed E-state index contributed by atoms with van der Waals surface area (Å²) >= 11 is 0. The van der Waals surface area contributed by atoms with Crippen molar-refractivity contribution in [2.24, 2.45) is 0 Å². The molecule has 0 spiro atoms. The molecular formula is C17H15NO4. The van der Waals surface area contributed by atoms with E-state index in [1.165, 1.54) is 7.11 Å². The molecule has 2 atom stereocenters. The zero-order valence-electron chi connectivity index (χ0n) is 12.0. The van der Waals surface area contributed by atoms with E-state index in [9.17, 15) is 9.59 Å². The van der Waals surface area contributed by atoms with Gasteiger partial charge < -0.3 is 14.8 Å². The summed E-state index contributed by atoms with van der Waals surface area (Å²) < 4.78 is 10.1. The lowest BCUT2D eigenvalue weighted by Crippen LogP contribution is -2.18. The van der Waals surface area contributed by atoms with Gasteiger partial charge in [-0.2, -0.15) is 0 Å². The summed E-state index contributed by atoms with van der Waals surface area (Å²) in [6.45, 7) is 0. The van der Waals surface area contributed by atoms with Gasteiger partial charge in [-0.15, -0.1) is 0 Å². The molecular weight excluding hydrogens is 282 g/mol. The Labute approximate surface area is 127 Å². The van der Waals surface area contributed by atoms with Crippen molar-refractivity contribution in [2.45, 2.75) is 12.2 Å². The molecule has 22 heavy (non-hydrogen) atoms. The summed E-state index contributed by atoms with van der Waals surface area (Å²) in [6, 6.07) is 16.1. The van der Waals surface area contributed by atoms with E-state index in [2.05, 4.69) is 10.1 Å². The molecule has 1 saturated heterocycles. The fourth-order valence-electron chi connectivity index (χ4n) is 2.23. The minimum Gasteiger partial charge on any atom is -0.465 e. The highest BCUT2D eigenvalue weighted by molar-refractivity contribution is 5.96. The highest BCUT2D eigenvalue weighted by atomic mass is 16.6. The molecule has 1 N–H and O–H groups in total. The standard InChI is InChI=1S/C17H15NO4/c1-21-17(20)12-9-7-11(8-10-12)14-15(22-14)16(19)18-13-5-3-2-4-6-13/h2-10,14-15H,1H3,(H,18,19)/t14-,15-/m1/s1. The molecule has 5 heteroatoms. The largest absolute Gasteiger partial charge is 0.465 e. The molecule has 1 aliphatic heterocycles. The maximum atomic E-state index is 12.1. The lowest BCUT2D eigenvalue weighted by atomic mass is 10.1. The Balaban J connectivity index is 1.62. The first-order chi connectivity index (χ1) is 10.7. The zero-order chi connectivity index (χ0) is 15.5. The average molecular weight is 297 g/mol. The molecule has 1 aliphatic rings. The van der Waals surface area contributed by atoms with Crippen LogP contribution in [0.25, 0.3) is 0 Å². The molecule has 0 aliphatic carbocycles. The first-order valence-electron chi connectivity index (χ1n) is 6.88. The number of hydrogen-bond donors (Lipinski definition) is 1. The van der Waals surface area contributed by atoms with Gasteiger partial charge in [-0.1, -0.05) is 30.3 Å². The minimum absolute atomic E-state index is 0.173. The molecule has 0 radical (unpaired) electrons. The average Bonchev–Trinajstić information content (AvgIpc) is 3.36. The number of carbonyl (C=O) groups excluding carboxylic acids is 2. The van der Waals surface area contributed by atoms with Crippen molar-refractivity contribution in [1.29, 1.82) is 0 Å². The summed E-state index contributed by atoms with van der Waals surface area (Å²) in [4.78, 5) is 23.4. The smallest absolute Gasteiger partial charge is 0.337 e. The molecule has 1 fully saturated rings. The van der Waals surface area contributed by atoms with Crippen LogP contribution in [0.4, 0.5) is 5.69 Å². The van der Waals surface area contributed by atoms with E-state index >= 15 is 0 Å². The molecule has 2 aromatic carbocycles. The number of amides is 1. The predicted octanol–water partition coefficient (Wildman–Crippen LogP) is 2.55. The number of para-hydroxylation sites is 1. The van der Waals surface area contributed by atoms with Gasteiger partial charge in [0.25, 0.3) is 5.91 Å². The Bertz CT molecular complexity index is 682. The number of epoxide rings is 1. The molecule has 1 amide bonds. The lowest BCUT2D eigenvalue weighted by Gasteiger charge is -2.02. The third-order valence-electron chi connectivity index (χ3n) is 3.45. The molecule has 0 aromatic heterocycles. The zero-order valence-corrected chi connectivity index (χ0v) is 12.0. The third kappa shape index (κ3) is 2.99. The van der Waals surface area contributed by atoms with Crippen LogP contribution in [-0.4, -0.2) is 25.1 Å². The van der Waals surface area contributed by atoms with Gasteiger partial charge in [-0.3, -0.25) is 4.79 Å². The van der Waals surface area contributed by atoms with E-state index in [0.29, 0.717) is 5.56 Å². The van der Waals surface area contributed by atoms with Gasteiger partial charge in [0.05, 0.1) is 12.7 Å². The molecule has 5 nitrogen and oxygen atoms in total. The number of rotatable bonds is 4. The second-order valence-electron chi connectivity index (χ2n) is 4.95. The highest BCUT2D eigenvalue weighted by Gasteiger charge is 2.46. The first-order valence-corrected chi connectivity index (χ1v) is 6.88. The van der Waals surface area contributed by atoms with E-state index in [1.54, 1.807) is 24.3 Å². The van der Waals surface area contributed by atoms with Crippen molar-refractivity contribution in [3.05, 3.63) is 65.7 Å². The van der Waals surface area contributed by atoms with Gasteiger partial charge in [0.15, 0.2) is 6.10 Å². The lowest BCUT2D eigenvalue weighted by molar-refractivity contribution is -0.117. The maximum Gasteiger partial charge on any atom is 0.337 e. The van der Waals surface area contributed by atoms with Gasteiger partial charge in [-0.25, -0.2) is 4.79 Å². The van der Waals surface area contributed by atoms with Crippen LogP contribution in [0.15, 0.2) is 54.6 Å². The van der Waals surface area contributed by atoms with Gasteiger partial charge in [0, 0.05) is 5.69 Å². The number of benzene rings is 2. The van der Waals surface area contributed by atoms with Crippen LogP contribution in [0.3, 0.4) is 0 Å². The van der Waals surface area contributed by atoms with E-state index in [-0.39, 0.29) is 18.0 Å². The number of ether oxygens (including phenoxy) is 2. The van der Waals surface area contributed by atoms with Crippen molar-refractivity contribution >= 4 is 17.6 Å². The second kappa shape index (κ2) is 5.99. The highest BCUT2D eigenvalue weighted by Crippen LogP contribution is 2.39. The number of anilines is 1. The van der Waals surface area contributed by atoms with Crippen molar-refractivity contribution < 1.29 is 19.1 Å². The van der Waals surface area contributed by atoms with Crippen LogP contribution in [0, 0.1) is 0 Å². The van der Waals surface area contributed by atoms with Gasteiger partial charge in [0.1, 0.15) is 6.10 Å². The second-order valence-corrected chi connectivity index (χ2v) is 4.95. The molecule has 2 aromatic rings. The van der Waals surface area contributed by atoms with E-state index in [1.807, 2.05) is 30.3 Å². The van der Waals surface area contributed by atoms with Crippen molar-refractivity contribution in [3.8, 4) is 0 Å². The SMILES string of the molecule is COC(=O)c1ccc([C@H]2O[C@H]2C(=O)Nc2ccccc2)cc1. The number of carbonyl (C=O) groups is 2. The monoisotopic (exact) mass is 297 g/mol. The maximum absolute atomic E-state index is 12.1. The van der Waals surface area contributed by atoms with Gasteiger partial charge >= 0.3 is 5.97 Å². The molecule has 0 unspecified atom stereocenters. The molecule has 0 saturated carbocycles. The van der Waals surface area contributed by atoms with Crippen LogP contribution < -0.4 is 5.32 Å². The fourth-order valence-corrected chi connectivity index (χ4v) is 2.23.